The molecule has 25 heavy (non-hydrogen) atoms. The zero-order valence-corrected chi connectivity index (χ0v) is 17.2. The molecule has 0 amide bonds. The van der Waals surface area contributed by atoms with Crippen LogP contribution in [0, 0.1) is 0 Å². The molecule has 2 heterocycles. The highest BCUT2D eigenvalue weighted by Gasteiger charge is 2.00. The van der Waals surface area contributed by atoms with Gasteiger partial charge >= 0.3 is 0 Å². The van der Waals surface area contributed by atoms with Crippen LogP contribution in [0.25, 0.3) is 5.69 Å². The van der Waals surface area contributed by atoms with Gasteiger partial charge in [0.05, 0.1) is 12.2 Å². The van der Waals surface area contributed by atoms with Crippen molar-refractivity contribution >= 4 is 41.3 Å². The Balaban J connectivity index is 0.00000225. The molecule has 5 nitrogen and oxygen atoms in total. The van der Waals surface area contributed by atoms with Crippen molar-refractivity contribution in [3.8, 4) is 5.69 Å². The first-order valence-electron chi connectivity index (χ1n) is 7.91. The molecule has 2 aromatic heterocycles. The van der Waals surface area contributed by atoms with E-state index in [1.807, 2.05) is 16.9 Å². The predicted octanol–water partition coefficient (Wildman–Crippen LogP) is 3.46. The third-order valence-corrected chi connectivity index (χ3v) is 4.52. The molecular formula is C18H22IN5S. The van der Waals surface area contributed by atoms with Crippen LogP contribution in [0.4, 0.5) is 0 Å². The Morgan fingerprint density at radius 1 is 1.16 bits per heavy atom. The summed E-state index contributed by atoms with van der Waals surface area (Å²) in [6.07, 6.45) is 4.67. The number of guanidine groups is 1. The van der Waals surface area contributed by atoms with Crippen molar-refractivity contribution in [3.05, 3.63) is 70.7 Å². The highest BCUT2D eigenvalue weighted by Crippen LogP contribution is 2.09. The molecule has 0 radical (unpaired) electrons. The summed E-state index contributed by atoms with van der Waals surface area (Å²) in [6.45, 7) is 1.64. The van der Waals surface area contributed by atoms with Gasteiger partial charge in [0.1, 0.15) is 0 Å². The Kier molecular flexibility index (Phi) is 7.93. The number of nitrogens with one attached hydrogen (secondary N) is 2. The van der Waals surface area contributed by atoms with Crippen LogP contribution in [0.2, 0.25) is 0 Å². The molecule has 3 rings (SSSR count). The maximum Gasteiger partial charge on any atom is 0.191 e. The van der Waals surface area contributed by atoms with E-state index in [1.165, 1.54) is 10.4 Å². The number of benzene rings is 1. The molecule has 0 spiro atoms. The van der Waals surface area contributed by atoms with Crippen LogP contribution in [0.1, 0.15) is 10.4 Å². The molecule has 132 valence electrons. The predicted molar refractivity (Wildman–Crippen MR) is 115 cm³/mol. The minimum Gasteiger partial charge on any atom is -0.356 e. The summed E-state index contributed by atoms with van der Waals surface area (Å²) >= 11 is 1.74. The largest absolute Gasteiger partial charge is 0.356 e. The maximum atomic E-state index is 4.25. The van der Waals surface area contributed by atoms with Crippen molar-refractivity contribution in [2.45, 2.75) is 13.0 Å². The van der Waals surface area contributed by atoms with Crippen molar-refractivity contribution in [1.82, 2.24) is 20.4 Å². The SMILES string of the molecule is CN=C(NCCc1ccc(-n2cccn2)cc1)NCc1cccs1.I. The molecule has 3 aromatic rings. The average molecular weight is 467 g/mol. The molecule has 0 bridgehead atoms. The molecular weight excluding hydrogens is 445 g/mol. The van der Waals surface area contributed by atoms with Crippen molar-refractivity contribution in [1.29, 1.82) is 0 Å². The first-order chi connectivity index (χ1) is 11.8. The van der Waals surface area contributed by atoms with Crippen LogP contribution in [-0.2, 0) is 13.0 Å². The van der Waals surface area contributed by atoms with E-state index in [4.69, 9.17) is 0 Å². The van der Waals surface area contributed by atoms with Gasteiger partial charge < -0.3 is 10.6 Å². The van der Waals surface area contributed by atoms with Crippen molar-refractivity contribution in [3.63, 3.8) is 0 Å². The summed E-state index contributed by atoms with van der Waals surface area (Å²) in [5, 5.41) is 13.0. The summed E-state index contributed by atoms with van der Waals surface area (Å²) in [4.78, 5) is 5.55. The number of hydrogen-bond acceptors (Lipinski definition) is 3. The fraction of sp³-hybridized carbons (Fsp3) is 0.222. The Morgan fingerprint density at radius 2 is 2.00 bits per heavy atom. The van der Waals surface area contributed by atoms with Crippen LogP contribution >= 0.6 is 35.3 Å². The Bertz CT molecular complexity index is 751. The van der Waals surface area contributed by atoms with Crippen LogP contribution in [0.5, 0.6) is 0 Å². The van der Waals surface area contributed by atoms with Gasteiger partial charge in [-0.3, -0.25) is 4.99 Å². The molecule has 1 aromatic carbocycles. The van der Waals surface area contributed by atoms with Gasteiger partial charge in [0, 0.05) is 30.9 Å². The van der Waals surface area contributed by atoms with Crippen molar-refractivity contribution in [2.24, 2.45) is 4.99 Å². The van der Waals surface area contributed by atoms with E-state index in [-0.39, 0.29) is 24.0 Å². The quantitative estimate of drug-likeness (QED) is 0.332. The first kappa shape index (κ1) is 19.5. The van der Waals surface area contributed by atoms with Crippen LogP contribution in [0.15, 0.2) is 65.2 Å². The molecule has 0 saturated heterocycles. The van der Waals surface area contributed by atoms with Gasteiger partial charge in [-0.2, -0.15) is 5.10 Å². The van der Waals surface area contributed by atoms with Gasteiger partial charge in [0.25, 0.3) is 0 Å². The number of nitrogens with zero attached hydrogens (tertiary/aromatic N) is 3. The van der Waals surface area contributed by atoms with E-state index < -0.39 is 0 Å². The topological polar surface area (TPSA) is 54.2 Å². The molecule has 0 fully saturated rings. The lowest BCUT2D eigenvalue weighted by Crippen LogP contribution is -2.37. The summed E-state index contributed by atoms with van der Waals surface area (Å²) < 4.78 is 1.86. The lowest BCUT2D eigenvalue weighted by molar-refractivity contribution is 0.798. The number of hydrogen-bond donors (Lipinski definition) is 2. The number of aromatic nitrogens is 2. The van der Waals surface area contributed by atoms with E-state index in [2.05, 4.69) is 62.5 Å². The highest BCUT2D eigenvalue weighted by atomic mass is 127. The third-order valence-electron chi connectivity index (χ3n) is 3.65. The van der Waals surface area contributed by atoms with E-state index in [0.717, 1.165) is 31.2 Å². The Hall–Kier alpha value is -1.87. The summed E-state index contributed by atoms with van der Waals surface area (Å²) in [6, 6.07) is 14.6. The average Bonchev–Trinajstić information content (AvgIpc) is 3.32. The molecule has 0 saturated carbocycles. The standard InChI is InChI=1S/C18H21N5S.HI/c1-19-18(21-14-17-4-2-13-24-17)20-11-9-15-5-7-16(8-6-15)23-12-3-10-22-23;/h2-8,10,12-13H,9,11,14H2,1H3,(H2,19,20,21);1H. The van der Waals surface area contributed by atoms with Gasteiger partial charge in [-0.05, 0) is 41.6 Å². The molecule has 0 aliphatic heterocycles. The van der Waals surface area contributed by atoms with Crippen molar-refractivity contribution in [2.75, 3.05) is 13.6 Å². The highest BCUT2D eigenvalue weighted by molar-refractivity contribution is 14.0. The zero-order chi connectivity index (χ0) is 16.6. The van der Waals surface area contributed by atoms with Gasteiger partial charge in [-0.25, -0.2) is 4.68 Å². The number of aliphatic imine (C=N–C) groups is 1. The third kappa shape index (κ3) is 5.86. The van der Waals surface area contributed by atoms with E-state index in [9.17, 15) is 0 Å². The van der Waals surface area contributed by atoms with Gasteiger partial charge in [-0.1, -0.05) is 18.2 Å². The second-order valence-electron chi connectivity index (χ2n) is 5.30. The summed E-state index contributed by atoms with van der Waals surface area (Å²) in [5.74, 6) is 0.830. The Labute approximate surface area is 169 Å². The first-order valence-corrected chi connectivity index (χ1v) is 8.79. The minimum atomic E-state index is 0. The van der Waals surface area contributed by atoms with E-state index in [1.54, 1.807) is 24.6 Å². The maximum absolute atomic E-state index is 4.25. The second kappa shape index (κ2) is 10.2. The second-order valence-corrected chi connectivity index (χ2v) is 6.33. The van der Waals surface area contributed by atoms with E-state index >= 15 is 0 Å². The van der Waals surface area contributed by atoms with E-state index in [0.29, 0.717) is 0 Å². The summed E-state index contributed by atoms with van der Waals surface area (Å²) in [7, 11) is 1.79. The van der Waals surface area contributed by atoms with Crippen molar-refractivity contribution < 1.29 is 0 Å². The number of thiophene rings is 1. The molecule has 0 unspecified atom stereocenters. The monoisotopic (exact) mass is 467 g/mol. The van der Waals surface area contributed by atoms with Gasteiger partial charge in [0.2, 0.25) is 0 Å². The summed E-state index contributed by atoms with van der Waals surface area (Å²) in [5.41, 5.74) is 2.36. The van der Waals surface area contributed by atoms with Gasteiger partial charge in [-0.15, -0.1) is 35.3 Å². The van der Waals surface area contributed by atoms with Gasteiger partial charge in [0.15, 0.2) is 5.96 Å². The number of halogens is 1. The smallest absolute Gasteiger partial charge is 0.191 e. The molecule has 0 aliphatic carbocycles. The molecule has 0 atom stereocenters. The molecule has 0 aliphatic rings. The van der Waals surface area contributed by atoms with Crippen LogP contribution < -0.4 is 10.6 Å². The Morgan fingerprint density at radius 3 is 2.64 bits per heavy atom. The van der Waals surface area contributed by atoms with Crippen LogP contribution in [0.3, 0.4) is 0 Å². The fourth-order valence-electron chi connectivity index (χ4n) is 2.37. The lowest BCUT2D eigenvalue weighted by atomic mass is 10.1. The fourth-order valence-corrected chi connectivity index (χ4v) is 3.01. The molecule has 7 heteroatoms. The lowest BCUT2D eigenvalue weighted by Gasteiger charge is -2.11. The number of rotatable bonds is 6. The zero-order valence-electron chi connectivity index (χ0n) is 14.1. The normalized spacial score (nSPS) is 11.0. The molecule has 2 N–H and O–H groups in total. The van der Waals surface area contributed by atoms with Crippen LogP contribution in [-0.4, -0.2) is 29.3 Å². The minimum absolute atomic E-state index is 0.